The molecule has 128 valence electrons. The molecule has 2 aliphatic rings. The Bertz CT molecular complexity index is 356. The fraction of sp³-hybridized carbons (Fsp3) is 0.867. The Balaban J connectivity index is 0.00000242. The summed E-state index contributed by atoms with van der Waals surface area (Å²) in [6.45, 7) is 6.42. The predicted octanol–water partition coefficient (Wildman–Crippen LogP) is 0.552. The first-order valence-corrected chi connectivity index (χ1v) is 8.07. The number of morpholine rings is 1. The zero-order chi connectivity index (χ0) is 15.1. The minimum Gasteiger partial charge on any atom is -0.378 e. The van der Waals surface area contributed by atoms with Gasteiger partial charge in [0, 0.05) is 19.5 Å². The van der Waals surface area contributed by atoms with Crippen molar-refractivity contribution in [3.63, 3.8) is 0 Å². The second-order valence-electron chi connectivity index (χ2n) is 5.86. The smallest absolute Gasteiger partial charge is 0.245 e. The van der Waals surface area contributed by atoms with Gasteiger partial charge in [-0.15, -0.1) is 12.4 Å². The molecule has 2 atom stereocenters. The van der Waals surface area contributed by atoms with Crippen LogP contribution in [0.25, 0.3) is 0 Å². The SMILES string of the molecule is CCC(NC(=O)CCC1CCNC1)C(=O)N1CCOCC1.Cl. The van der Waals surface area contributed by atoms with Gasteiger partial charge in [-0.3, -0.25) is 9.59 Å². The molecule has 0 aliphatic carbocycles. The first kappa shape index (κ1) is 19.2. The molecule has 2 rings (SSSR count). The molecule has 0 aromatic carbocycles. The lowest BCUT2D eigenvalue weighted by Crippen LogP contribution is -2.51. The summed E-state index contributed by atoms with van der Waals surface area (Å²) >= 11 is 0. The van der Waals surface area contributed by atoms with Crippen LogP contribution in [-0.4, -0.2) is 62.1 Å². The van der Waals surface area contributed by atoms with E-state index in [1.54, 1.807) is 4.90 Å². The lowest BCUT2D eigenvalue weighted by Gasteiger charge is -2.30. The van der Waals surface area contributed by atoms with Gasteiger partial charge in [-0.2, -0.15) is 0 Å². The molecule has 2 heterocycles. The topological polar surface area (TPSA) is 70.7 Å². The van der Waals surface area contributed by atoms with E-state index < -0.39 is 6.04 Å². The summed E-state index contributed by atoms with van der Waals surface area (Å²) in [7, 11) is 0. The monoisotopic (exact) mass is 333 g/mol. The highest BCUT2D eigenvalue weighted by molar-refractivity contribution is 5.87. The van der Waals surface area contributed by atoms with Gasteiger partial charge in [0.05, 0.1) is 13.2 Å². The highest BCUT2D eigenvalue weighted by Crippen LogP contribution is 2.14. The van der Waals surface area contributed by atoms with Crippen molar-refractivity contribution in [3.8, 4) is 0 Å². The summed E-state index contributed by atoms with van der Waals surface area (Å²) in [5.41, 5.74) is 0. The molecule has 2 unspecified atom stereocenters. The first-order chi connectivity index (χ1) is 10.2. The molecule has 2 fully saturated rings. The number of halogens is 1. The Morgan fingerprint density at radius 1 is 1.36 bits per heavy atom. The van der Waals surface area contributed by atoms with Crippen molar-refractivity contribution < 1.29 is 14.3 Å². The molecular formula is C15H28ClN3O3. The molecule has 0 bridgehead atoms. The standard InChI is InChI=1S/C15H27N3O3.ClH/c1-2-13(15(20)18-7-9-21-10-8-18)17-14(19)4-3-12-5-6-16-11-12;/h12-13,16H,2-11H2,1H3,(H,17,19);1H. The van der Waals surface area contributed by atoms with E-state index in [2.05, 4.69) is 10.6 Å². The van der Waals surface area contributed by atoms with Gasteiger partial charge < -0.3 is 20.3 Å². The molecule has 2 aliphatic heterocycles. The van der Waals surface area contributed by atoms with E-state index in [0.717, 1.165) is 25.9 Å². The van der Waals surface area contributed by atoms with Crippen LogP contribution in [0.5, 0.6) is 0 Å². The predicted molar refractivity (Wildman–Crippen MR) is 87.1 cm³/mol. The van der Waals surface area contributed by atoms with E-state index in [-0.39, 0.29) is 24.2 Å². The number of hydrogen-bond acceptors (Lipinski definition) is 4. The molecule has 2 amide bonds. The van der Waals surface area contributed by atoms with E-state index in [0.29, 0.717) is 45.1 Å². The van der Waals surface area contributed by atoms with Gasteiger partial charge in [0.1, 0.15) is 6.04 Å². The van der Waals surface area contributed by atoms with Crippen molar-refractivity contribution in [2.75, 3.05) is 39.4 Å². The van der Waals surface area contributed by atoms with E-state index in [9.17, 15) is 9.59 Å². The number of hydrogen-bond donors (Lipinski definition) is 2. The second-order valence-corrected chi connectivity index (χ2v) is 5.86. The Morgan fingerprint density at radius 2 is 2.09 bits per heavy atom. The largest absolute Gasteiger partial charge is 0.378 e. The highest BCUT2D eigenvalue weighted by Gasteiger charge is 2.26. The van der Waals surface area contributed by atoms with Crippen molar-refractivity contribution in [1.29, 1.82) is 0 Å². The van der Waals surface area contributed by atoms with Crippen LogP contribution in [0, 0.1) is 5.92 Å². The molecule has 6 nitrogen and oxygen atoms in total. The van der Waals surface area contributed by atoms with Crippen molar-refractivity contribution in [1.82, 2.24) is 15.5 Å². The first-order valence-electron chi connectivity index (χ1n) is 8.07. The van der Waals surface area contributed by atoms with Gasteiger partial charge >= 0.3 is 0 Å². The molecular weight excluding hydrogens is 306 g/mol. The summed E-state index contributed by atoms with van der Waals surface area (Å²) in [6, 6.07) is -0.391. The number of nitrogens with zero attached hydrogens (tertiary/aromatic N) is 1. The number of rotatable bonds is 6. The van der Waals surface area contributed by atoms with Gasteiger partial charge in [-0.05, 0) is 38.3 Å². The van der Waals surface area contributed by atoms with Crippen LogP contribution in [0.1, 0.15) is 32.6 Å². The van der Waals surface area contributed by atoms with Gasteiger partial charge in [-0.1, -0.05) is 6.92 Å². The average molecular weight is 334 g/mol. The van der Waals surface area contributed by atoms with Crippen molar-refractivity contribution in [3.05, 3.63) is 0 Å². The maximum absolute atomic E-state index is 12.4. The van der Waals surface area contributed by atoms with Crippen LogP contribution >= 0.6 is 12.4 Å². The second kappa shape index (κ2) is 10.0. The van der Waals surface area contributed by atoms with E-state index in [1.807, 2.05) is 6.92 Å². The van der Waals surface area contributed by atoms with E-state index >= 15 is 0 Å². The molecule has 22 heavy (non-hydrogen) atoms. The number of nitrogens with one attached hydrogen (secondary N) is 2. The zero-order valence-corrected chi connectivity index (χ0v) is 14.1. The van der Waals surface area contributed by atoms with E-state index in [1.165, 1.54) is 0 Å². The van der Waals surface area contributed by atoms with Crippen molar-refractivity contribution in [2.45, 2.75) is 38.6 Å². The fourth-order valence-corrected chi connectivity index (χ4v) is 2.91. The van der Waals surface area contributed by atoms with Crippen LogP contribution in [0.3, 0.4) is 0 Å². The number of carbonyl (C=O) groups excluding carboxylic acids is 2. The minimum atomic E-state index is -0.391. The summed E-state index contributed by atoms with van der Waals surface area (Å²) in [5, 5.41) is 6.20. The van der Waals surface area contributed by atoms with Gasteiger partial charge in [0.25, 0.3) is 0 Å². The third-order valence-corrected chi connectivity index (χ3v) is 4.31. The molecule has 7 heteroatoms. The minimum absolute atomic E-state index is 0. The molecule has 0 aromatic rings. The molecule has 2 N–H and O–H groups in total. The van der Waals surface area contributed by atoms with Crippen LogP contribution < -0.4 is 10.6 Å². The summed E-state index contributed by atoms with van der Waals surface area (Å²) in [6.07, 6.45) is 3.20. The Kier molecular flexibility index (Phi) is 8.75. The van der Waals surface area contributed by atoms with Crippen LogP contribution in [0.4, 0.5) is 0 Å². The third-order valence-electron chi connectivity index (χ3n) is 4.31. The summed E-state index contributed by atoms with van der Waals surface area (Å²) in [4.78, 5) is 26.2. The Morgan fingerprint density at radius 3 is 2.68 bits per heavy atom. The van der Waals surface area contributed by atoms with Gasteiger partial charge in [0.2, 0.25) is 11.8 Å². The number of ether oxygens (including phenoxy) is 1. The summed E-state index contributed by atoms with van der Waals surface area (Å²) in [5.74, 6) is 0.623. The highest BCUT2D eigenvalue weighted by atomic mass is 35.5. The normalized spacial score (nSPS) is 22.8. The van der Waals surface area contributed by atoms with Crippen molar-refractivity contribution >= 4 is 24.2 Å². The molecule has 0 aromatic heterocycles. The number of amides is 2. The maximum atomic E-state index is 12.4. The van der Waals surface area contributed by atoms with Crippen LogP contribution in [-0.2, 0) is 14.3 Å². The molecule has 0 saturated carbocycles. The Hall–Kier alpha value is -0.850. The zero-order valence-electron chi connectivity index (χ0n) is 13.3. The molecule has 0 spiro atoms. The quantitative estimate of drug-likeness (QED) is 0.745. The van der Waals surface area contributed by atoms with Crippen molar-refractivity contribution in [2.24, 2.45) is 5.92 Å². The summed E-state index contributed by atoms with van der Waals surface area (Å²) < 4.78 is 5.25. The average Bonchev–Trinajstić information content (AvgIpc) is 3.04. The lowest BCUT2D eigenvalue weighted by atomic mass is 10.0. The van der Waals surface area contributed by atoms with Crippen LogP contribution in [0.2, 0.25) is 0 Å². The number of carbonyl (C=O) groups is 2. The van der Waals surface area contributed by atoms with Gasteiger partial charge in [-0.25, -0.2) is 0 Å². The lowest BCUT2D eigenvalue weighted by molar-refractivity contribution is -0.140. The fourth-order valence-electron chi connectivity index (χ4n) is 2.91. The molecule has 2 saturated heterocycles. The van der Waals surface area contributed by atoms with E-state index in [4.69, 9.17) is 4.74 Å². The third kappa shape index (κ3) is 5.74. The molecule has 0 radical (unpaired) electrons. The van der Waals surface area contributed by atoms with Gasteiger partial charge in [0.15, 0.2) is 0 Å². The Labute approximate surface area is 138 Å². The maximum Gasteiger partial charge on any atom is 0.245 e. The van der Waals surface area contributed by atoms with Crippen LogP contribution in [0.15, 0.2) is 0 Å².